The molecule has 2 amide bonds. The van der Waals surface area contributed by atoms with Crippen LogP contribution in [0.25, 0.3) is 0 Å². The molecule has 1 aromatic carbocycles. The van der Waals surface area contributed by atoms with E-state index in [0.29, 0.717) is 6.42 Å². The summed E-state index contributed by atoms with van der Waals surface area (Å²) in [4.78, 5) is 26.3. The topological polar surface area (TPSA) is 63.4 Å². The van der Waals surface area contributed by atoms with Crippen molar-refractivity contribution in [2.75, 3.05) is 4.90 Å². The molecule has 1 aromatic rings. The van der Waals surface area contributed by atoms with Crippen LogP contribution in [0, 0.1) is 11.8 Å². The molecule has 0 aromatic heterocycles. The lowest BCUT2D eigenvalue weighted by Gasteiger charge is -2.31. The molecule has 4 heteroatoms. The molecule has 2 unspecified atom stereocenters. The van der Waals surface area contributed by atoms with Crippen LogP contribution in [-0.4, -0.2) is 17.9 Å². The number of rotatable bonds is 2. The molecule has 2 fully saturated rings. The predicted molar refractivity (Wildman–Crippen MR) is 76.7 cm³/mol. The van der Waals surface area contributed by atoms with Crippen molar-refractivity contribution in [1.82, 2.24) is 0 Å². The second kappa shape index (κ2) is 4.93. The van der Waals surface area contributed by atoms with Crippen LogP contribution in [0.15, 0.2) is 30.3 Å². The van der Waals surface area contributed by atoms with Gasteiger partial charge in [-0.15, -0.1) is 0 Å². The maximum atomic E-state index is 12.9. The average molecular weight is 271 g/mol. The molecule has 105 valence electrons. The third kappa shape index (κ3) is 1.99. The first-order valence-corrected chi connectivity index (χ1v) is 7.14. The number of anilines is 1. The predicted octanol–water partition coefficient (Wildman–Crippen LogP) is 2.04. The van der Waals surface area contributed by atoms with Crippen molar-refractivity contribution in [3.8, 4) is 0 Å². The van der Waals surface area contributed by atoms with Gasteiger partial charge in [-0.25, -0.2) is 0 Å². The van der Waals surface area contributed by atoms with Crippen molar-refractivity contribution >= 4 is 17.5 Å². The molecule has 2 N–H and O–H groups in total. The van der Waals surface area contributed by atoms with E-state index in [0.717, 1.165) is 31.4 Å². The maximum absolute atomic E-state index is 12.9. The highest BCUT2D eigenvalue weighted by Gasteiger charge is 2.53. The molecule has 4 nitrogen and oxygen atoms in total. The van der Waals surface area contributed by atoms with E-state index in [9.17, 15) is 9.59 Å². The minimum Gasteiger partial charge on any atom is -0.368 e. The highest BCUT2D eigenvalue weighted by Crippen LogP contribution is 2.48. The fourth-order valence-electron chi connectivity index (χ4n) is 3.50. The Morgan fingerprint density at radius 2 is 2.05 bits per heavy atom. The number of nitrogens with zero attached hydrogens (tertiary/aromatic N) is 1. The van der Waals surface area contributed by atoms with Crippen LogP contribution in [0.4, 0.5) is 5.69 Å². The highest BCUT2D eigenvalue weighted by atomic mass is 16.2. The van der Waals surface area contributed by atoms with Gasteiger partial charge in [-0.05, 0) is 37.8 Å². The molecular weight excluding hydrogens is 252 g/mol. The van der Waals surface area contributed by atoms with Crippen LogP contribution in [0.3, 0.4) is 0 Å². The normalized spacial score (nSPS) is 25.1. The van der Waals surface area contributed by atoms with Gasteiger partial charge in [-0.1, -0.05) is 31.0 Å². The fourth-order valence-corrected chi connectivity index (χ4v) is 3.50. The molecule has 1 saturated carbocycles. The van der Waals surface area contributed by atoms with Gasteiger partial charge in [-0.2, -0.15) is 0 Å². The molecule has 3 rings (SSSR count). The Kier molecular flexibility index (Phi) is 3.24. The van der Waals surface area contributed by atoms with Gasteiger partial charge in [0.25, 0.3) is 0 Å². The van der Waals surface area contributed by atoms with Crippen molar-refractivity contribution in [3.05, 3.63) is 36.8 Å². The van der Waals surface area contributed by atoms with Gasteiger partial charge in [0.1, 0.15) is 6.04 Å². The zero-order valence-corrected chi connectivity index (χ0v) is 11.4. The van der Waals surface area contributed by atoms with Crippen molar-refractivity contribution in [3.63, 3.8) is 0 Å². The quantitative estimate of drug-likeness (QED) is 0.894. The lowest BCUT2D eigenvalue weighted by atomic mass is 9.72. The summed E-state index contributed by atoms with van der Waals surface area (Å²) >= 11 is 0. The van der Waals surface area contributed by atoms with E-state index in [2.05, 4.69) is 6.42 Å². The van der Waals surface area contributed by atoms with Crippen LogP contribution >= 0.6 is 0 Å². The van der Waals surface area contributed by atoms with E-state index in [4.69, 9.17) is 5.73 Å². The Labute approximate surface area is 118 Å². The standard InChI is InChI=1S/C16H19N2O2/c17-14(19)13-11-16(9-5-2-6-10-16)15(20)18(13)12-7-3-1-4-8-12/h1,3-5,7-8,13H,2,6,9-11H2,(H2,17,19). The Balaban J connectivity index is 1.98. The number of benzene rings is 1. The summed E-state index contributed by atoms with van der Waals surface area (Å²) < 4.78 is 0. The van der Waals surface area contributed by atoms with E-state index >= 15 is 0 Å². The minimum absolute atomic E-state index is 0.0588. The van der Waals surface area contributed by atoms with E-state index in [1.165, 1.54) is 0 Å². The number of carbonyl (C=O) groups excluding carboxylic acids is 2. The van der Waals surface area contributed by atoms with Crippen molar-refractivity contribution in [1.29, 1.82) is 0 Å². The largest absolute Gasteiger partial charge is 0.368 e. The average Bonchev–Trinajstić information content (AvgIpc) is 2.74. The molecule has 20 heavy (non-hydrogen) atoms. The lowest BCUT2D eigenvalue weighted by Crippen LogP contribution is -2.43. The first-order chi connectivity index (χ1) is 9.64. The van der Waals surface area contributed by atoms with Crippen LogP contribution < -0.4 is 10.6 Å². The van der Waals surface area contributed by atoms with Crippen molar-refractivity contribution in [2.24, 2.45) is 11.1 Å². The first-order valence-electron chi connectivity index (χ1n) is 7.14. The van der Waals surface area contributed by atoms with Crippen molar-refractivity contribution < 1.29 is 9.59 Å². The summed E-state index contributed by atoms with van der Waals surface area (Å²) in [5.41, 5.74) is 5.89. The first kappa shape index (κ1) is 13.2. The van der Waals surface area contributed by atoms with Crippen LogP contribution in [-0.2, 0) is 9.59 Å². The number of hydrogen-bond acceptors (Lipinski definition) is 2. The lowest BCUT2D eigenvalue weighted by molar-refractivity contribution is -0.126. The molecule has 1 radical (unpaired) electrons. The second-order valence-corrected chi connectivity index (χ2v) is 5.80. The molecule has 2 atom stereocenters. The molecular formula is C16H19N2O2. The van der Waals surface area contributed by atoms with Gasteiger partial charge in [0.2, 0.25) is 11.8 Å². The molecule has 1 saturated heterocycles. The monoisotopic (exact) mass is 271 g/mol. The number of hydrogen-bond donors (Lipinski definition) is 1. The Morgan fingerprint density at radius 1 is 1.30 bits per heavy atom. The maximum Gasteiger partial charge on any atom is 0.240 e. The van der Waals surface area contributed by atoms with Gasteiger partial charge >= 0.3 is 0 Å². The summed E-state index contributed by atoms with van der Waals surface area (Å²) in [7, 11) is 0. The van der Waals surface area contributed by atoms with E-state index in [-0.39, 0.29) is 5.91 Å². The fraction of sp³-hybridized carbons (Fsp3) is 0.438. The van der Waals surface area contributed by atoms with Gasteiger partial charge in [-0.3, -0.25) is 14.5 Å². The smallest absolute Gasteiger partial charge is 0.240 e. The van der Waals surface area contributed by atoms with E-state index < -0.39 is 17.4 Å². The second-order valence-electron chi connectivity index (χ2n) is 5.80. The summed E-state index contributed by atoms with van der Waals surface area (Å²) in [6, 6.07) is 8.85. The zero-order chi connectivity index (χ0) is 14.2. The number of amides is 2. The van der Waals surface area contributed by atoms with E-state index in [1.54, 1.807) is 4.90 Å². The molecule has 1 aliphatic heterocycles. The number of para-hydroxylation sites is 1. The SMILES string of the molecule is NC(=O)C1CC2(C[CH]CCC2)C(=O)N1c1ccccc1. The molecule has 1 spiro atoms. The summed E-state index contributed by atoms with van der Waals surface area (Å²) in [6.45, 7) is 0. The zero-order valence-electron chi connectivity index (χ0n) is 11.4. The minimum atomic E-state index is -0.517. The Hall–Kier alpha value is -1.84. The molecule has 1 aliphatic carbocycles. The Bertz CT molecular complexity index is 521. The summed E-state index contributed by atoms with van der Waals surface area (Å²) in [6.07, 6.45) is 6.41. The van der Waals surface area contributed by atoms with Crippen LogP contribution in [0.5, 0.6) is 0 Å². The summed E-state index contributed by atoms with van der Waals surface area (Å²) in [5.74, 6) is -0.354. The number of nitrogens with two attached hydrogens (primary N) is 1. The Morgan fingerprint density at radius 3 is 2.65 bits per heavy atom. The third-order valence-corrected chi connectivity index (χ3v) is 4.53. The number of carbonyl (C=O) groups is 2. The summed E-state index contributed by atoms with van der Waals surface area (Å²) in [5, 5.41) is 0. The van der Waals surface area contributed by atoms with Crippen LogP contribution in [0.2, 0.25) is 0 Å². The van der Waals surface area contributed by atoms with Crippen molar-refractivity contribution in [2.45, 2.75) is 38.1 Å². The van der Waals surface area contributed by atoms with Gasteiger partial charge in [0, 0.05) is 5.69 Å². The highest BCUT2D eigenvalue weighted by molar-refractivity contribution is 6.06. The molecule has 0 bridgehead atoms. The van der Waals surface area contributed by atoms with E-state index in [1.807, 2.05) is 30.3 Å². The van der Waals surface area contributed by atoms with Gasteiger partial charge < -0.3 is 5.73 Å². The van der Waals surface area contributed by atoms with Gasteiger partial charge in [0.15, 0.2) is 0 Å². The third-order valence-electron chi connectivity index (χ3n) is 4.53. The van der Waals surface area contributed by atoms with Crippen LogP contribution in [0.1, 0.15) is 32.1 Å². The van der Waals surface area contributed by atoms with Gasteiger partial charge in [0.05, 0.1) is 5.41 Å². The number of primary amides is 1. The molecule has 2 aliphatic rings. The molecule has 1 heterocycles.